The summed E-state index contributed by atoms with van der Waals surface area (Å²) in [5.74, 6) is 5.07. The van der Waals surface area contributed by atoms with Gasteiger partial charge in [0.15, 0.2) is 0 Å². The molecule has 0 radical (unpaired) electrons. The first-order valence-corrected chi connectivity index (χ1v) is 6.15. The van der Waals surface area contributed by atoms with Crippen LogP contribution in [0.25, 0.3) is 0 Å². The van der Waals surface area contributed by atoms with Crippen molar-refractivity contribution < 1.29 is 9.18 Å². The topological polar surface area (TPSA) is 71.2 Å². The summed E-state index contributed by atoms with van der Waals surface area (Å²) in [5.41, 5.74) is 3.31. The molecule has 3 N–H and O–H groups in total. The number of rotatable bonds is 4. The zero-order chi connectivity index (χ0) is 14.5. The fourth-order valence-corrected chi connectivity index (χ4v) is 1.85. The number of nitrogens with two attached hydrogens (primary N) is 1. The van der Waals surface area contributed by atoms with Crippen LogP contribution in [0.15, 0.2) is 42.6 Å². The third-order valence-corrected chi connectivity index (χ3v) is 2.84. The van der Waals surface area contributed by atoms with E-state index in [1.807, 2.05) is 6.92 Å². The summed E-state index contributed by atoms with van der Waals surface area (Å²) in [6, 6.07) is 9.14. The fraction of sp³-hybridized carbons (Fsp3) is 0.143. The van der Waals surface area contributed by atoms with Crippen LogP contribution in [0, 0.1) is 5.82 Å². The van der Waals surface area contributed by atoms with Crippen molar-refractivity contribution in [3.05, 3.63) is 54.0 Å². The number of hydrogen-bond acceptors (Lipinski definition) is 4. The monoisotopic (exact) mass is 274 g/mol. The maximum absolute atomic E-state index is 13.3. The van der Waals surface area contributed by atoms with Crippen LogP contribution in [0.3, 0.4) is 0 Å². The third-order valence-electron chi connectivity index (χ3n) is 2.84. The largest absolute Gasteiger partial charge is 0.308 e. The van der Waals surface area contributed by atoms with Gasteiger partial charge in [-0.1, -0.05) is 6.07 Å². The summed E-state index contributed by atoms with van der Waals surface area (Å²) in [6.07, 6.45) is 1.43. The Balaban J connectivity index is 2.28. The van der Waals surface area contributed by atoms with Gasteiger partial charge in [-0.15, -0.1) is 0 Å². The molecule has 0 spiro atoms. The second-order valence-corrected chi connectivity index (χ2v) is 4.11. The lowest BCUT2D eigenvalue weighted by atomic mass is 10.2. The van der Waals surface area contributed by atoms with Crippen LogP contribution in [0.5, 0.6) is 0 Å². The van der Waals surface area contributed by atoms with E-state index in [4.69, 9.17) is 5.84 Å². The number of pyridine rings is 1. The molecule has 0 fully saturated rings. The van der Waals surface area contributed by atoms with E-state index in [9.17, 15) is 9.18 Å². The Kier molecular flexibility index (Phi) is 4.27. The van der Waals surface area contributed by atoms with Crippen LogP contribution in [-0.4, -0.2) is 17.4 Å². The number of hydrazine groups is 1. The van der Waals surface area contributed by atoms with Crippen molar-refractivity contribution in [3.63, 3.8) is 0 Å². The van der Waals surface area contributed by atoms with Gasteiger partial charge in [0, 0.05) is 18.4 Å². The second kappa shape index (κ2) is 6.12. The maximum Gasteiger partial charge on any atom is 0.259 e. The maximum atomic E-state index is 13.3. The highest BCUT2D eigenvalue weighted by Gasteiger charge is 2.16. The first-order chi connectivity index (χ1) is 9.65. The smallest absolute Gasteiger partial charge is 0.259 e. The first kappa shape index (κ1) is 14.0. The number of carbonyl (C=O) groups excluding carboxylic acids is 1. The Morgan fingerprint density at radius 1 is 1.40 bits per heavy atom. The van der Waals surface area contributed by atoms with Crippen molar-refractivity contribution in [2.24, 2.45) is 5.84 Å². The van der Waals surface area contributed by atoms with Gasteiger partial charge in [0.25, 0.3) is 5.91 Å². The van der Waals surface area contributed by atoms with Crippen molar-refractivity contribution in [2.45, 2.75) is 6.92 Å². The second-order valence-electron chi connectivity index (χ2n) is 4.11. The minimum absolute atomic E-state index is 0.242. The minimum Gasteiger partial charge on any atom is -0.308 e. The predicted molar refractivity (Wildman–Crippen MR) is 75.8 cm³/mol. The molecule has 1 aromatic carbocycles. The number of halogens is 1. The van der Waals surface area contributed by atoms with Gasteiger partial charge in [-0.3, -0.25) is 4.79 Å². The molecule has 0 aliphatic rings. The van der Waals surface area contributed by atoms with Crippen LogP contribution >= 0.6 is 0 Å². The normalized spacial score (nSPS) is 10.2. The summed E-state index contributed by atoms with van der Waals surface area (Å²) in [6.45, 7) is 2.26. The Hall–Kier alpha value is -2.47. The lowest BCUT2D eigenvalue weighted by Crippen LogP contribution is -2.30. The number of amides is 1. The van der Waals surface area contributed by atoms with Gasteiger partial charge in [-0.2, -0.15) is 0 Å². The summed E-state index contributed by atoms with van der Waals surface area (Å²) >= 11 is 0. The van der Waals surface area contributed by atoms with Crippen LogP contribution in [-0.2, 0) is 0 Å². The van der Waals surface area contributed by atoms with E-state index in [-0.39, 0.29) is 11.7 Å². The molecule has 0 unspecified atom stereocenters. The average Bonchev–Trinajstić information content (AvgIpc) is 2.48. The van der Waals surface area contributed by atoms with E-state index in [0.717, 1.165) is 0 Å². The van der Waals surface area contributed by atoms with Crippen LogP contribution in [0.2, 0.25) is 0 Å². The van der Waals surface area contributed by atoms with Crippen LogP contribution < -0.4 is 16.2 Å². The number of anilines is 2. The third kappa shape index (κ3) is 2.92. The van der Waals surface area contributed by atoms with Gasteiger partial charge < -0.3 is 10.3 Å². The van der Waals surface area contributed by atoms with Crippen molar-refractivity contribution in [1.29, 1.82) is 0 Å². The Labute approximate surface area is 116 Å². The summed E-state index contributed by atoms with van der Waals surface area (Å²) in [7, 11) is 0. The van der Waals surface area contributed by atoms with E-state index < -0.39 is 0 Å². The molecule has 5 nitrogen and oxygen atoms in total. The fourth-order valence-electron chi connectivity index (χ4n) is 1.85. The number of nitrogen functional groups attached to an aromatic ring is 1. The number of nitrogens with zero attached hydrogens (tertiary/aromatic N) is 2. The lowest BCUT2D eigenvalue weighted by Gasteiger charge is -2.21. The number of nitrogens with one attached hydrogen (secondary N) is 1. The zero-order valence-corrected chi connectivity index (χ0v) is 11.0. The van der Waals surface area contributed by atoms with Crippen molar-refractivity contribution in [3.8, 4) is 0 Å². The SMILES string of the molecule is CCN(C(=O)c1ccc(NN)nc1)c1cccc(F)c1. The summed E-state index contributed by atoms with van der Waals surface area (Å²) < 4.78 is 13.3. The lowest BCUT2D eigenvalue weighted by molar-refractivity contribution is 0.0988. The van der Waals surface area contributed by atoms with Crippen molar-refractivity contribution in [2.75, 3.05) is 16.9 Å². The molecular weight excluding hydrogens is 259 g/mol. The Morgan fingerprint density at radius 3 is 2.75 bits per heavy atom. The van der Waals surface area contributed by atoms with Crippen molar-refractivity contribution in [1.82, 2.24) is 4.98 Å². The first-order valence-electron chi connectivity index (χ1n) is 6.15. The molecule has 0 atom stereocenters. The van der Waals surface area contributed by atoms with Crippen LogP contribution in [0.1, 0.15) is 17.3 Å². The highest BCUT2D eigenvalue weighted by atomic mass is 19.1. The molecule has 6 heteroatoms. The molecule has 20 heavy (non-hydrogen) atoms. The molecule has 104 valence electrons. The molecule has 2 rings (SSSR count). The number of benzene rings is 1. The average molecular weight is 274 g/mol. The number of hydrogen-bond donors (Lipinski definition) is 2. The molecular formula is C14H15FN4O. The van der Waals surface area contributed by atoms with Gasteiger partial charge in [-0.25, -0.2) is 15.2 Å². The molecule has 2 aromatic rings. The van der Waals surface area contributed by atoms with Crippen LogP contribution in [0.4, 0.5) is 15.9 Å². The van der Waals surface area contributed by atoms with Crippen molar-refractivity contribution >= 4 is 17.4 Å². The van der Waals surface area contributed by atoms with E-state index in [1.165, 1.54) is 23.2 Å². The standard InChI is InChI=1S/C14H15FN4O/c1-2-19(12-5-3-4-11(15)8-12)14(20)10-6-7-13(18-16)17-9-10/h3-9H,2,16H2,1H3,(H,17,18). The van der Waals surface area contributed by atoms with E-state index in [0.29, 0.717) is 23.6 Å². The minimum atomic E-state index is -0.380. The highest BCUT2D eigenvalue weighted by Crippen LogP contribution is 2.18. The van der Waals surface area contributed by atoms with Gasteiger partial charge in [0.2, 0.25) is 0 Å². The number of aromatic nitrogens is 1. The molecule has 1 aromatic heterocycles. The van der Waals surface area contributed by atoms with E-state index in [2.05, 4.69) is 10.4 Å². The zero-order valence-electron chi connectivity index (χ0n) is 11.0. The van der Waals surface area contributed by atoms with Gasteiger partial charge >= 0.3 is 0 Å². The quantitative estimate of drug-likeness (QED) is 0.662. The van der Waals surface area contributed by atoms with E-state index in [1.54, 1.807) is 24.3 Å². The van der Waals surface area contributed by atoms with Gasteiger partial charge in [0.1, 0.15) is 11.6 Å². The molecule has 0 saturated carbocycles. The van der Waals surface area contributed by atoms with Gasteiger partial charge in [-0.05, 0) is 37.3 Å². The molecule has 0 aliphatic heterocycles. The molecule has 1 heterocycles. The molecule has 1 amide bonds. The highest BCUT2D eigenvalue weighted by molar-refractivity contribution is 6.05. The number of carbonyl (C=O) groups is 1. The predicted octanol–water partition coefficient (Wildman–Crippen LogP) is 2.17. The molecule has 0 aliphatic carbocycles. The summed E-state index contributed by atoms with van der Waals surface area (Å²) in [4.78, 5) is 17.9. The Bertz CT molecular complexity index is 600. The Morgan fingerprint density at radius 2 is 2.20 bits per heavy atom. The van der Waals surface area contributed by atoms with E-state index >= 15 is 0 Å². The molecule has 0 saturated heterocycles. The molecule has 0 bridgehead atoms. The summed E-state index contributed by atoms with van der Waals surface area (Å²) in [5, 5.41) is 0. The van der Waals surface area contributed by atoms with Gasteiger partial charge in [0.05, 0.1) is 5.56 Å².